The second kappa shape index (κ2) is 6.10. The van der Waals surface area contributed by atoms with E-state index in [4.69, 9.17) is 12.2 Å². The molecule has 8 heteroatoms. The zero-order chi connectivity index (χ0) is 16.6. The second-order valence-corrected chi connectivity index (χ2v) is 7.08. The summed E-state index contributed by atoms with van der Waals surface area (Å²) in [6.07, 6.45) is -2.79. The first-order valence-corrected chi connectivity index (χ1v) is 8.50. The molecule has 1 amide bonds. The molecule has 0 unspecified atom stereocenters. The van der Waals surface area contributed by atoms with Gasteiger partial charge in [0, 0.05) is 0 Å². The molecule has 0 aliphatic carbocycles. The molecule has 2 aromatic rings. The summed E-state index contributed by atoms with van der Waals surface area (Å²) in [5.41, 5.74) is 0.168. The summed E-state index contributed by atoms with van der Waals surface area (Å²) in [7, 11) is 0. The van der Waals surface area contributed by atoms with Crippen LogP contribution in [0, 0.1) is 0 Å². The number of halogens is 3. The van der Waals surface area contributed by atoms with Crippen LogP contribution in [-0.4, -0.2) is 10.2 Å². The number of hydrogen-bond acceptors (Lipinski definition) is 4. The summed E-state index contributed by atoms with van der Waals surface area (Å²) < 4.78 is 38.7. The Balaban J connectivity index is 1.95. The minimum absolute atomic E-state index is 0.121. The van der Waals surface area contributed by atoms with Crippen molar-refractivity contribution in [2.24, 2.45) is 0 Å². The Morgan fingerprint density at radius 2 is 2.00 bits per heavy atom. The van der Waals surface area contributed by atoms with Gasteiger partial charge in [-0.25, -0.2) is 0 Å². The average Bonchev–Trinajstić information content (AvgIpc) is 3.08. The van der Waals surface area contributed by atoms with Gasteiger partial charge in [0.05, 0.1) is 16.2 Å². The molecule has 1 saturated heterocycles. The predicted molar refractivity (Wildman–Crippen MR) is 91.4 cm³/mol. The first-order chi connectivity index (χ1) is 10.9. The Bertz CT molecular complexity index is 797. The summed E-state index contributed by atoms with van der Waals surface area (Å²) in [5.74, 6) is -0.412. The molecule has 3 rings (SSSR count). The van der Waals surface area contributed by atoms with Crippen molar-refractivity contribution < 1.29 is 18.0 Å². The third-order valence-corrected chi connectivity index (χ3v) is 5.07. The molecule has 1 fully saturated rings. The highest BCUT2D eigenvalue weighted by Crippen LogP contribution is 2.38. The van der Waals surface area contributed by atoms with Crippen LogP contribution in [0.4, 0.5) is 18.9 Å². The van der Waals surface area contributed by atoms with E-state index in [1.165, 1.54) is 23.5 Å². The number of carbonyl (C=O) groups is 1. The van der Waals surface area contributed by atoms with E-state index in [-0.39, 0.29) is 10.0 Å². The maximum absolute atomic E-state index is 12.8. The van der Waals surface area contributed by atoms with E-state index < -0.39 is 17.6 Å². The van der Waals surface area contributed by atoms with Gasteiger partial charge < -0.3 is 0 Å². The zero-order valence-electron chi connectivity index (χ0n) is 11.3. The summed E-state index contributed by atoms with van der Waals surface area (Å²) in [6.45, 7) is 0. The van der Waals surface area contributed by atoms with Gasteiger partial charge in [-0.05, 0) is 46.7 Å². The Labute approximate surface area is 143 Å². The van der Waals surface area contributed by atoms with Crippen LogP contribution in [0.3, 0.4) is 0 Å². The van der Waals surface area contributed by atoms with E-state index in [1.54, 1.807) is 6.08 Å². The molecule has 0 spiro atoms. The SMILES string of the molecule is O=C1/C(=C/c2ccsc2)SC(=S)N1c1cccc(C(F)(F)F)c1. The lowest BCUT2D eigenvalue weighted by atomic mass is 10.2. The van der Waals surface area contributed by atoms with Crippen LogP contribution >= 0.6 is 35.3 Å². The standard InChI is InChI=1S/C15H8F3NOS3/c16-15(17,18)10-2-1-3-11(7-10)19-13(20)12(23-14(19)21)6-9-4-5-22-8-9/h1-8H/b12-6-. The lowest BCUT2D eigenvalue weighted by Gasteiger charge is -2.16. The third-order valence-electron chi connectivity index (χ3n) is 3.07. The lowest BCUT2D eigenvalue weighted by molar-refractivity contribution is -0.137. The lowest BCUT2D eigenvalue weighted by Crippen LogP contribution is -2.27. The quantitative estimate of drug-likeness (QED) is 0.536. The van der Waals surface area contributed by atoms with Gasteiger partial charge >= 0.3 is 6.18 Å². The van der Waals surface area contributed by atoms with Gasteiger partial charge in [0.15, 0.2) is 4.32 Å². The molecular weight excluding hydrogens is 363 g/mol. The Morgan fingerprint density at radius 3 is 2.65 bits per heavy atom. The number of carbonyl (C=O) groups excluding carboxylic acids is 1. The van der Waals surface area contributed by atoms with Crippen LogP contribution in [0.2, 0.25) is 0 Å². The second-order valence-electron chi connectivity index (χ2n) is 4.62. The van der Waals surface area contributed by atoms with Crippen molar-refractivity contribution >= 4 is 57.3 Å². The van der Waals surface area contributed by atoms with Crippen molar-refractivity contribution in [1.29, 1.82) is 0 Å². The van der Waals surface area contributed by atoms with Crippen molar-refractivity contribution in [3.05, 3.63) is 57.1 Å². The molecule has 0 N–H and O–H groups in total. The summed E-state index contributed by atoms with van der Waals surface area (Å²) in [5, 5.41) is 3.75. The number of rotatable bonds is 2. The highest BCUT2D eigenvalue weighted by atomic mass is 32.2. The fraction of sp³-hybridized carbons (Fsp3) is 0.0667. The van der Waals surface area contributed by atoms with E-state index >= 15 is 0 Å². The maximum Gasteiger partial charge on any atom is 0.416 e. The number of thiophene rings is 1. The van der Waals surface area contributed by atoms with Gasteiger partial charge in [-0.15, -0.1) is 0 Å². The van der Waals surface area contributed by atoms with E-state index in [9.17, 15) is 18.0 Å². The van der Waals surface area contributed by atoms with E-state index in [2.05, 4.69) is 0 Å². The third kappa shape index (κ3) is 3.34. The average molecular weight is 371 g/mol. The van der Waals surface area contributed by atoms with Crippen molar-refractivity contribution in [1.82, 2.24) is 0 Å². The van der Waals surface area contributed by atoms with E-state index in [0.29, 0.717) is 4.91 Å². The fourth-order valence-corrected chi connectivity index (χ4v) is 3.94. The van der Waals surface area contributed by atoms with Crippen LogP contribution < -0.4 is 4.90 Å². The number of thioether (sulfide) groups is 1. The molecule has 1 aliphatic rings. The van der Waals surface area contributed by atoms with Crippen LogP contribution in [0.25, 0.3) is 6.08 Å². The minimum Gasteiger partial charge on any atom is -0.268 e. The van der Waals surface area contributed by atoms with E-state index in [0.717, 1.165) is 34.4 Å². The van der Waals surface area contributed by atoms with Crippen LogP contribution in [0.1, 0.15) is 11.1 Å². The Kier molecular flexibility index (Phi) is 4.31. The molecule has 118 valence electrons. The predicted octanol–water partition coefficient (Wildman–Crippen LogP) is 5.17. The van der Waals surface area contributed by atoms with Gasteiger partial charge in [-0.2, -0.15) is 24.5 Å². The fourth-order valence-electron chi connectivity index (χ4n) is 2.02. The molecule has 1 aliphatic heterocycles. The van der Waals surface area contributed by atoms with Crippen molar-refractivity contribution in [2.45, 2.75) is 6.18 Å². The summed E-state index contributed by atoms with van der Waals surface area (Å²) in [4.78, 5) is 14.0. The molecule has 1 aromatic heterocycles. The molecule has 0 saturated carbocycles. The normalized spacial score (nSPS) is 17.3. The van der Waals surface area contributed by atoms with Gasteiger partial charge in [-0.1, -0.05) is 30.0 Å². The zero-order valence-corrected chi connectivity index (χ0v) is 13.8. The van der Waals surface area contributed by atoms with Crippen molar-refractivity contribution in [2.75, 3.05) is 4.90 Å². The first kappa shape index (κ1) is 16.2. The smallest absolute Gasteiger partial charge is 0.268 e. The van der Waals surface area contributed by atoms with Crippen LogP contribution in [0.5, 0.6) is 0 Å². The number of anilines is 1. The highest BCUT2D eigenvalue weighted by molar-refractivity contribution is 8.27. The van der Waals surface area contributed by atoms with Crippen LogP contribution in [-0.2, 0) is 11.0 Å². The molecule has 0 radical (unpaired) electrons. The molecule has 2 nitrogen and oxygen atoms in total. The maximum atomic E-state index is 12.8. The number of benzene rings is 1. The Hall–Kier alpha value is -1.64. The monoisotopic (exact) mass is 371 g/mol. The minimum atomic E-state index is -4.47. The topological polar surface area (TPSA) is 20.3 Å². The summed E-state index contributed by atoms with van der Waals surface area (Å²) >= 11 is 7.73. The van der Waals surface area contributed by atoms with Crippen molar-refractivity contribution in [3.63, 3.8) is 0 Å². The van der Waals surface area contributed by atoms with Gasteiger partial charge in [0.1, 0.15) is 0 Å². The van der Waals surface area contributed by atoms with Gasteiger partial charge in [0.25, 0.3) is 5.91 Å². The van der Waals surface area contributed by atoms with Gasteiger partial charge in [-0.3, -0.25) is 9.69 Å². The highest BCUT2D eigenvalue weighted by Gasteiger charge is 2.36. The van der Waals surface area contributed by atoms with Crippen LogP contribution in [0.15, 0.2) is 46.0 Å². The summed E-state index contributed by atoms with van der Waals surface area (Å²) in [6, 6.07) is 6.44. The Morgan fingerprint density at radius 1 is 1.22 bits per heavy atom. The van der Waals surface area contributed by atoms with Crippen molar-refractivity contribution in [3.8, 4) is 0 Å². The van der Waals surface area contributed by atoms with Gasteiger partial charge in [0.2, 0.25) is 0 Å². The molecular formula is C15H8F3NOS3. The number of thiocarbonyl (C=S) groups is 1. The largest absolute Gasteiger partial charge is 0.416 e. The first-order valence-electron chi connectivity index (χ1n) is 6.34. The number of alkyl halides is 3. The molecule has 1 aromatic carbocycles. The molecule has 2 heterocycles. The number of amides is 1. The molecule has 0 atom stereocenters. The molecule has 0 bridgehead atoms. The number of hydrogen-bond donors (Lipinski definition) is 0. The molecule has 23 heavy (non-hydrogen) atoms. The van der Waals surface area contributed by atoms with E-state index in [1.807, 2.05) is 16.8 Å². The number of nitrogens with zero attached hydrogens (tertiary/aromatic N) is 1.